The Bertz CT molecular complexity index is 792. The van der Waals surface area contributed by atoms with Gasteiger partial charge < -0.3 is 14.6 Å². The largest absolute Gasteiger partial charge is 0.496 e. The Morgan fingerprint density at radius 1 is 1.11 bits per heavy atom. The number of carbonyl (C=O) groups is 2. The van der Waals surface area contributed by atoms with Gasteiger partial charge in [0.2, 0.25) is 0 Å². The first-order chi connectivity index (χ1) is 13.1. The number of benzene rings is 2. The van der Waals surface area contributed by atoms with Crippen LogP contribution in [0.5, 0.6) is 5.75 Å². The van der Waals surface area contributed by atoms with Gasteiger partial charge in [-0.1, -0.05) is 48.5 Å². The summed E-state index contributed by atoms with van der Waals surface area (Å²) >= 11 is 0. The molecule has 1 amide bonds. The third kappa shape index (κ3) is 4.65. The van der Waals surface area contributed by atoms with Crippen molar-refractivity contribution in [3.05, 3.63) is 65.7 Å². The summed E-state index contributed by atoms with van der Waals surface area (Å²) in [6.45, 7) is 0.218. The predicted molar refractivity (Wildman–Crippen MR) is 99.4 cm³/mol. The van der Waals surface area contributed by atoms with Gasteiger partial charge in [-0.3, -0.25) is 9.69 Å². The molecule has 1 heterocycles. The molecule has 0 radical (unpaired) electrons. The zero-order valence-electron chi connectivity index (χ0n) is 15.2. The van der Waals surface area contributed by atoms with Gasteiger partial charge in [-0.05, 0) is 11.6 Å². The molecule has 6 heteroatoms. The van der Waals surface area contributed by atoms with E-state index in [2.05, 4.69) is 0 Å². The van der Waals surface area contributed by atoms with Crippen LogP contribution in [0.3, 0.4) is 0 Å². The molecule has 1 fully saturated rings. The van der Waals surface area contributed by atoms with E-state index < -0.39 is 18.2 Å². The number of nitrogens with zero attached hydrogens (tertiary/aromatic N) is 1. The van der Waals surface area contributed by atoms with Crippen molar-refractivity contribution in [2.75, 3.05) is 13.7 Å². The van der Waals surface area contributed by atoms with Crippen LogP contribution in [-0.4, -0.2) is 47.7 Å². The number of methoxy groups -OCH3 is 1. The Hall–Kier alpha value is -2.86. The number of para-hydroxylation sites is 1. The van der Waals surface area contributed by atoms with Crippen molar-refractivity contribution in [2.45, 2.75) is 31.6 Å². The first-order valence-electron chi connectivity index (χ1n) is 8.88. The summed E-state index contributed by atoms with van der Waals surface area (Å²) in [5.74, 6) is 0.482. The van der Waals surface area contributed by atoms with E-state index in [1.807, 2.05) is 48.5 Å². The SMILES string of the molecule is COc1ccccc1CC(=O)C1CC(O)CN1C(=O)OCc1ccccc1. The highest BCUT2D eigenvalue weighted by Gasteiger charge is 2.39. The number of ether oxygens (including phenoxy) is 2. The van der Waals surface area contributed by atoms with Crippen molar-refractivity contribution >= 4 is 11.9 Å². The van der Waals surface area contributed by atoms with Crippen LogP contribution in [0.25, 0.3) is 0 Å². The molecule has 6 nitrogen and oxygen atoms in total. The quantitative estimate of drug-likeness (QED) is 0.847. The van der Waals surface area contributed by atoms with E-state index in [9.17, 15) is 14.7 Å². The van der Waals surface area contributed by atoms with Gasteiger partial charge in [-0.15, -0.1) is 0 Å². The molecular weight excluding hydrogens is 346 g/mol. The van der Waals surface area contributed by atoms with Crippen molar-refractivity contribution in [1.29, 1.82) is 0 Å². The second-order valence-electron chi connectivity index (χ2n) is 6.55. The number of carbonyl (C=O) groups excluding carboxylic acids is 2. The predicted octanol–water partition coefficient (Wildman–Crippen LogP) is 2.58. The van der Waals surface area contributed by atoms with Gasteiger partial charge in [0.05, 0.1) is 25.8 Å². The minimum absolute atomic E-state index is 0.0932. The minimum Gasteiger partial charge on any atom is -0.496 e. The van der Waals surface area contributed by atoms with Gasteiger partial charge in [0.1, 0.15) is 12.4 Å². The lowest BCUT2D eigenvalue weighted by Crippen LogP contribution is -2.41. The van der Waals surface area contributed by atoms with E-state index in [-0.39, 0.29) is 31.8 Å². The van der Waals surface area contributed by atoms with Gasteiger partial charge in [0.15, 0.2) is 5.78 Å². The molecule has 142 valence electrons. The lowest BCUT2D eigenvalue weighted by Gasteiger charge is -2.23. The molecule has 2 atom stereocenters. The van der Waals surface area contributed by atoms with Crippen LogP contribution in [0.1, 0.15) is 17.5 Å². The molecule has 1 aliphatic rings. The molecule has 0 spiro atoms. The van der Waals surface area contributed by atoms with Crippen LogP contribution < -0.4 is 4.74 Å². The molecule has 1 N–H and O–H groups in total. The lowest BCUT2D eigenvalue weighted by molar-refractivity contribution is -0.122. The minimum atomic E-state index is -0.735. The summed E-state index contributed by atoms with van der Waals surface area (Å²) < 4.78 is 10.6. The number of ketones is 1. The highest BCUT2D eigenvalue weighted by Crippen LogP contribution is 2.24. The molecule has 27 heavy (non-hydrogen) atoms. The maximum absolute atomic E-state index is 12.8. The van der Waals surface area contributed by atoms with Crippen molar-refractivity contribution < 1.29 is 24.2 Å². The smallest absolute Gasteiger partial charge is 0.410 e. The van der Waals surface area contributed by atoms with Crippen LogP contribution in [0, 0.1) is 0 Å². The van der Waals surface area contributed by atoms with Gasteiger partial charge >= 0.3 is 6.09 Å². The number of likely N-dealkylation sites (tertiary alicyclic amines) is 1. The topological polar surface area (TPSA) is 76.1 Å². The van der Waals surface area contributed by atoms with E-state index in [4.69, 9.17) is 9.47 Å². The maximum Gasteiger partial charge on any atom is 0.410 e. The molecule has 1 saturated heterocycles. The van der Waals surface area contributed by atoms with Crippen LogP contribution in [-0.2, 0) is 22.6 Å². The number of aliphatic hydroxyl groups is 1. The Balaban J connectivity index is 1.66. The second kappa shape index (κ2) is 8.68. The number of hydrogen-bond acceptors (Lipinski definition) is 5. The first kappa shape index (κ1) is 18.9. The molecule has 1 aliphatic heterocycles. The summed E-state index contributed by atoms with van der Waals surface area (Å²) in [6, 6.07) is 15.9. The summed E-state index contributed by atoms with van der Waals surface area (Å²) in [6.07, 6.45) is -0.979. The molecule has 0 saturated carbocycles. The second-order valence-corrected chi connectivity index (χ2v) is 6.55. The monoisotopic (exact) mass is 369 g/mol. The van der Waals surface area contributed by atoms with E-state index in [0.29, 0.717) is 5.75 Å². The summed E-state index contributed by atoms with van der Waals surface area (Å²) in [7, 11) is 1.55. The standard InChI is InChI=1S/C21H23NO5/c1-26-20-10-6-5-9-16(20)11-19(24)18-12-17(23)13-22(18)21(25)27-14-15-7-3-2-4-8-15/h2-10,17-18,23H,11-14H2,1H3. The fourth-order valence-corrected chi connectivity index (χ4v) is 3.28. The molecule has 2 unspecified atom stereocenters. The van der Waals surface area contributed by atoms with Gasteiger partial charge in [0.25, 0.3) is 0 Å². The zero-order chi connectivity index (χ0) is 19.2. The number of amides is 1. The fourth-order valence-electron chi connectivity index (χ4n) is 3.28. The third-order valence-corrected chi connectivity index (χ3v) is 4.65. The molecule has 2 aromatic carbocycles. The number of Topliss-reactive ketones (excluding diaryl/α,β-unsaturated/α-hetero) is 1. The normalized spacial score (nSPS) is 19.0. The lowest BCUT2D eigenvalue weighted by atomic mass is 10.0. The molecule has 3 rings (SSSR count). The number of aliphatic hydroxyl groups excluding tert-OH is 1. The Labute approximate surface area is 158 Å². The van der Waals surface area contributed by atoms with E-state index in [1.54, 1.807) is 13.2 Å². The molecule has 0 aliphatic carbocycles. The van der Waals surface area contributed by atoms with E-state index in [1.165, 1.54) is 4.90 Å². The van der Waals surface area contributed by atoms with Crippen molar-refractivity contribution in [2.24, 2.45) is 0 Å². The number of hydrogen-bond donors (Lipinski definition) is 1. The summed E-state index contributed by atoms with van der Waals surface area (Å²) in [5.41, 5.74) is 1.62. The molecule has 0 aromatic heterocycles. The zero-order valence-corrected chi connectivity index (χ0v) is 15.2. The molecule has 0 bridgehead atoms. The third-order valence-electron chi connectivity index (χ3n) is 4.65. The highest BCUT2D eigenvalue weighted by molar-refractivity contribution is 5.90. The Morgan fingerprint density at radius 2 is 1.81 bits per heavy atom. The fraction of sp³-hybridized carbons (Fsp3) is 0.333. The Morgan fingerprint density at radius 3 is 2.56 bits per heavy atom. The van der Waals surface area contributed by atoms with Crippen molar-refractivity contribution in [3.63, 3.8) is 0 Å². The van der Waals surface area contributed by atoms with Crippen molar-refractivity contribution in [1.82, 2.24) is 4.90 Å². The Kier molecular flexibility index (Phi) is 6.08. The molecular formula is C21H23NO5. The van der Waals surface area contributed by atoms with Crippen molar-refractivity contribution in [3.8, 4) is 5.75 Å². The van der Waals surface area contributed by atoms with E-state index >= 15 is 0 Å². The summed E-state index contributed by atoms with van der Waals surface area (Å²) in [4.78, 5) is 26.6. The van der Waals surface area contributed by atoms with Gasteiger partial charge in [-0.25, -0.2) is 4.79 Å². The summed E-state index contributed by atoms with van der Waals surface area (Å²) in [5, 5.41) is 9.99. The van der Waals surface area contributed by atoms with Crippen LogP contribution in [0.15, 0.2) is 54.6 Å². The average Bonchev–Trinajstić information content (AvgIpc) is 3.09. The van der Waals surface area contributed by atoms with Crippen LogP contribution >= 0.6 is 0 Å². The van der Waals surface area contributed by atoms with Gasteiger partial charge in [0, 0.05) is 18.4 Å². The van der Waals surface area contributed by atoms with Crippen LogP contribution in [0.4, 0.5) is 4.79 Å². The van der Waals surface area contributed by atoms with Crippen LogP contribution in [0.2, 0.25) is 0 Å². The van der Waals surface area contributed by atoms with E-state index in [0.717, 1.165) is 11.1 Å². The highest BCUT2D eigenvalue weighted by atomic mass is 16.6. The number of rotatable bonds is 6. The maximum atomic E-state index is 12.8. The number of β-amino-alcohol motifs (C(OH)–C–C–N with tert-alkyl or cyclic N) is 1. The molecule has 2 aromatic rings. The first-order valence-corrected chi connectivity index (χ1v) is 8.88. The van der Waals surface area contributed by atoms with Gasteiger partial charge in [-0.2, -0.15) is 0 Å². The average molecular weight is 369 g/mol.